The summed E-state index contributed by atoms with van der Waals surface area (Å²) in [5.74, 6) is 1.83. The number of rotatable bonds is 4. The highest BCUT2D eigenvalue weighted by molar-refractivity contribution is 5.78. The topological polar surface area (TPSA) is 45.2 Å². The lowest BCUT2D eigenvalue weighted by molar-refractivity contribution is -0.135. The van der Waals surface area contributed by atoms with E-state index in [-0.39, 0.29) is 11.8 Å². The van der Waals surface area contributed by atoms with Gasteiger partial charge in [-0.25, -0.2) is 4.98 Å². The number of pyridine rings is 1. The lowest BCUT2D eigenvalue weighted by Crippen LogP contribution is -2.44. The highest BCUT2D eigenvalue weighted by atomic mass is 16.2. The number of nitrogens with one attached hydrogen (secondary N) is 1. The summed E-state index contributed by atoms with van der Waals surface area (Å²) in [6.07, 6.45) is 3.85. The quantitative estimate of drug-likeness (QED) is 0.925. The normalized spacial score (nSPS) is 16.6. The first-order valence-corrected chi connectivity index (χ1v) is 7.98. The van der Waals surface area contributed by atoms with E-state index >= 15 is 0 Å². The van der Waals surface area contributed by atoms with E-state index in [2.05, 4.69) is 36.3 Å². The van der Waals surface area contributed by atoms with Crippen molar-refractivity contribution in [3.05, 3.63) is 23.9 Å². The number of hydrogen-bond donors (Lipinski definition) is 1. The number of aromatic nitrogens is 1. The molecule has 1 aliphatic heterocycles. The predicted octanol–water partition coefficient (Wildman–Crippen LogP) is 3.26. The molecule has 1 aliphatic rings. The Hall–Kier alpha value is -1.58. The molecule has 0 aliphatic carbocycles. The summed E-state index contributed by atoms with van der Waals surface area (Å²) in [4.78, 5) is 18.4. The van der Waals surface area contributed by atoms with Crippen LogP contribution in [0.25, 0.3) is 0 Å². The minimum atomic E-state index is 0.0962. The molecule has 2 heterocycles. The zero-order valence-corrected chi connectivity index (χ0v) is 13.6. The van der Waals surface area contributed by atoms with Crippen LogP contribution in [0.3, 0.4) is 0 Å². The van der Waals surface area contributed by atoms with Crippen LogP contribution < -0.4 is 5.32 Å². The Morgan fingerprint density at radius 3 is 2.52 bits per heavy atom. The molecule has 1 aromatic rings. The van der Waals surface area contributed by atoms with Crippen LogP contribution in [0, 0.1) is 5.92 Å². The van der Waals surface area contributed by atoms with Crippen LogP contribution in [-0.4, -0.2) is 34.9 Å². The number of carbonyl (C=O) groups is 1. The molecule has 0 unspecified atom stereocenters. The third-order valence-electron chi connectivity index (χ3n) is 4.10. The van der Waals surface area contributed by atoms with Crippen molar-refractivity contribution in [3.63, 3.8) is 0 Å². The van der Waals surface area contributed by atoms with E-state index in [1.54, 1.807) is 0 Å². The molecule has 116 valence electrons. The lowest BCUT2D eigenvalue weighted by Gasteiger charge is -2.33. The Labute approximate surface area is 127 Å². The zero-order chi connectivity index (χ0) is 15.4. The summed E-state index contributed by atoms with van der Waals surface area (Å²) in [7, 11) is 0. The molecule has 1 fully saturated rings. The van der Waals surface area contributed by atoms with Gasteiger partial charge in [-0.2, -0.15) is 0 Å². The molecule has 1 amide bonds. The SMILES string of the molecule is CC(C)C(=O)N1CCC(Nc2cc(C(C)C)ccn2)CC1. The number of piperidine rings is 1. The summed E-state index contributed by atoms with van der Waals surface area (Å²) < 4.78 is 0. The zero-order valence-electron chi connectivity index (χ0n) is 13.6. The first kappa shape index (κ1) is 15.8. The van der Waals surface area contributed by atoms with Crippen LogP contribution in [0.5, 0.6) is 0 Å². The molecule has 4 nitrogen and oxygen atoms in total. The van der Waals surface area contributed by atoms with E-state index in [0.717, 1.165) is 31.7 Å². The highest BCUT2D eigenvalue weighted by Gasteiger charge is 2.24. The average molecular weight is 289 g/mol. The summed E-state index contributed by atoms with van der Waals surface area (Å²) in [5.41, 5.74) is 1.31. The molecule has 4 heteroatoms. The van der Waals surface area contributed by atoms with Gasteiger partial charge in [-0.1, -0.05) is 27.7 Å². The molecule has 0 atom stereocenters. The fraction of sp³-hybridized carbons (Fsp3) is 0.647. The van der Waals surface area contributed by atoms with E-state index in [0.29, 0.717) is 12.0 Å². The third-order valence-corrected chi connectivity index (χ3v) is 4.10. The number of carbonyl (C=O) groups excluding carboxylic acids is 1. The van der Waals surface area contributed by atoms with Gasteiger partial charge >= 0.3 is 0 Å². The van der Waals surface area contributed by atoms with Crippen molar-refractivity contribution in [2.75, 3.05) is 18.4 Å². The Balaban J connectivity index is 1.89. The summed E-state index contributed by atoms with van der Waals surface area (Å²) >= 11 is 0. The van der Waals surface area contributed by atoms with Crippen molar-refractivity contribution >= 4 is 11.7 Å². The second-order valence-electron chi connectivity index (χ2n) is 6.53. The van der Waals surface area contributed by atoms with Gasteiger partial charge in [-0.05, 0) is 36.5 Å². The maximum Gasteiger partial charge on any atom is 0.225 e. The molecule has 21 heavy (non-hydrogen) atoms. The van der Waals surface area contributed by atoms with Gasteiger partial charge in [0.1, 0.15) is 5.82 Å². The molecule has 0 bridgehead atoms. The van der Waals surface area contributed by atoms with Crippen molar-refractivity contribution in [1.29, 1.82) is 0 Å². The third kappa shape index (κ3) is 4.19. The molecule has 1 aromatic heterocycles. The second kappa shape index (κ2) is 6.92. The summed E-state index contributed by atoms with van der Waals surface area (Å²) in [6.45, 7) is 10.0. The smallest absolute Gasteiger partial charge is 0.225 e. The summed E-state index contributed by atoms with van der Waals surface area (Å²) in [5, 5.41) is 3.52. The molecule has 1 saturated heterocycles. The van der Waals surface area contributed by atoms with Gasteiger partial charge in [0.15, 0.2) is 0 Å². The first-order valence-electron chi connectivity index (χ1n) is 7.98. The Kier molecular flexibility index (Phi) is 5.21. The van der Waals surface area contributed by atoms with Gasteiger partial charge in [-0.3, -0.25) is 4.79 Å². The average Bonchev–Trinajstić information content (AvgIpc) is 2.47. The van der Waals surface area contributed by atoms with E-state index in [9.17, 15) is 4.79 Å². The predicted molar refractivity (Wildman–Crippen MR) is 86.4 cm³/mol. The number of likely N-dealkylation sites (tertiary alicyclic amines) is 1. The second-order valence-corrected chi connectivity index (χ2v) is 6.53. The van der Waals surface area contributed by atoms with Crippen molar-refractivity contribution in [2.24, 2.45) is 5.92 Å². The molecule has 1 N–H and O–H groups in total. The molecule has 0 radical (unpaired) electrons. The Morgan fingerprint density at radius 2 is 1.95 bits per heavy atom. The van der Waals surface area contributed by atoms with Crippen LogP contribution in [0.2, 0.25) is 0 Å². The highest BCUT2D eigenvalue weighted by Crippen LogP contribution is 2.20. The largest absolute Gasteiger partial charge is 0.367 e. The van der Waals surface area contributed by atoms with Crippen molar-refractivity contribution in [3.8, 4) is 0 Å². The molecular formula is C17H27N3O. The molecule has 0 spiro atoms. The van der Waals surface area contributed by atoms with Crippen molar-refractivity contribution in [1.82, 2.24) is 9.88 Å². The van der Waals surface area contributed by atoms with Gasteiger partial charge in [0.25, 0.3) is 0 Å². The molecular weight excluding hydrogens is 262 g/mol. The minimum Gasteiger partial charge on any atom is -0.367 e. The van der Waals surface area contributed by atoms with Gasteiger partial charge in [-0.15, -0.1) is 0 Å². The Bertz CT molecular complexity index is 477. The molecule has 2 rings (SSSR count). The number of nitrogens with zero attached hydrogens (tertiary/aromatic N) is 2. The molecule has 0 saturated carbocycles. The summed E-state index contributed by atoms with van der Waals surface area (Å²) in [6, 6.07) is 4.62. The van der Waals surface area contributed by atoms with E-state index in [1.807, 2.05) is 24.9 Å². The van der Waals surface area contributed by atoms with Gasteiger partial charge in [0, 0.05) is 31.2 Å². The minimum absolute atomic E-state index is 0.0962. The lowest BCUT2D eigenvalue weighted by atomic mass is 10.0. The fourth-order valence-electron chi connectivity index (χ4n) is 2.70. The van der Waals surface area contributed by atoms with Gasteiger partial charge in [0.05, 0.1) is 0 Å². The maximum atomic E-state index is 12.0. The number of amides is 1. The Morgan fingerprint density at radius 1 is 1.29 bits per heavy atom. The molecule has 0 aromatic carbocycles. The van der Waals surface area contributed by atoms with Crippen LogP contribution >= 0.6 is 0 Å². The fourth-order valence-corrected chi connectivity index (χ4v) is 2.70. The van der Waals surface area contributed by atoms with Crippen molar-refractivity contribution in [2.45, 2.75) is 52.5 Å². The monoisotopic (exact) mass is 289 g/mol. The standard InChI is InChI=1S/C17H27N3O/c1-12(2)14-5-8-18-16(11-14)19-15-6-9-20(10-7-15)17(21)13(3)4/h5,8,11-13,15H,6-7,9-10H2,1-4H3,(H,18,19). The van der Waals surface area contributed by atoms with Crippen LogP contribution in [0.15, 0.2) is 18.3 Å². The number of hydrogen-bond acceptors (Lipinski definition) is 3. The van der Waals surface area contributed by atoms with E-state index in [1.165, 1.54) is 5.56 Å². The van der Waals surface area contributed by atoms with Gasteiger partial charge < -0.3 is 10.2 Å². The first-order chi connectivity index (χ1) is 9.97. The van der Waals surface area contributed by atoms with Crippen LogP contribution in [0.1, 0.15) is 52.0 Å². The van der Waals surface area contributed by atoms with Crippen LogP contribution in [0.4, 0.5) is 5.82 Å². The number of anilines is 1. The van der Waals surface area contributed by atoms with Gasteiger partial charge in [0.2, 0.25) is 5.91 Å². The maximum absolute atomic E-state index is 12.0. The van der Waals surface area contributed by atoms with E-state index in [4.69, 9.17) is 0 Å². The van der Waals surface area contributed by atoms with E-state index < -0.39 is 0 Å². The van der Waals surface area contributed by atoms with Crippen LogP contribution in [-0.2, 0) is 4.79 Å². The van der Waals surface area contributed by atoms with Crippen molar-refractivity contribution < 1.29 is 4.79 Å².